The zero-order valence-corrected chi connectivity index (χ0v) is 12.1. The van der Waals surface area contributed by atoms with E-state index in [4.69, 9.17) is 9.47 Å². The van der Waals surface area contributed by atoms with E-state index in [-0.39, 0.29) is 6.10 Å². The van der Waals surface area contributed by atoms with Crippen molar-refractivity contribution in [3.63, 3.8) is 0 Å². The first kappa shape index (κ1) is 14.4. The van der Waals surface area contributed by atoms with Gasteiger partial charge in [-0.2, -0.15) is 0 Å². The molecule has 0 aliphatic rings. The number of nitrogens with one attached hydrogen (secondary N) is 1. The SMILES string of the molecule is CNCc1cc(Br)cnc1OCCOC(C)C. The molecular weight excluding hydrogens is 284 g/mol. The molecule has 0 saturated heterocycles. The summed E-state index contributed by atoms with van der Waals surface area (Å²) in [7, 11) is 1.90. The molecule has 5 heteroatoms. The Morgan fingerprint density at radius 2 is 2.18 bits per heavy atom. The lowest BCUT2D eigenvalue weighted by molar-refractivity contribution is 0.0540. The molecule has 0 saturated carbocycles. The number of nitrogens with zero attached hydrogens (tertiary/aromatic N) is 1. The van der Waals surface area contributed by atoms with Crippen molar-refractivity contribution in [1.82, 2.24) is 10.3 Å². The van der Waals surface area contributed by atoms with Gasteiger partial charge in [-0.1, -0.05) is 0 Å². The van der Waals surface area contributed by atoms with Gasteiger partial charge in [-0.05, 0) is 42.9 Å². The van der Waals surface area contributed by atoms with Gasteiger partial charge in [-0.15, -0.1) is 0 Å². The molecule has 0 bridgehead atoms. The van der Waals surface area contributed by atoms with Gasteiger partial charge >= 0.3 is 0 Å². The molecule has 17 heavy (non-hydrogen) atoms. The summed E-state index contributed by atoms with van der Waals surface area (Å²) in [6, 6.07) is 2.00. The summed E-state index contributed by atoms with van der Waals surface area (Å²) in [5, 5.41) is 3.09. The molecule has 0 aliphatic heterocycles. The summed E-state index contributed by atoms with van der Waals surface area (Å²) in [6.45, 7) is 5.83. The molecule has 1 aromatic rings. The smallest absolute Gasteiger partial charge is 0.217 e. The average molecular weight is 303 g/mol. The fourth-order valence-corrected chi connectivity index (χ4v) is 1.72. The van der Waals surface area contributed by atoms with E-state index in [9.17, 15) is 0 Å². The molecule has 96 valence electrons. The maximum atomic E-state index is 5.60. The van der Waals surface area contributed by atoms with Gasteiger partial charge in [0.25, 0.3) is 0 Å². The second-order valence-electron chi connectivity index (χ2n) is 3.92. The number of hydrogen-bond donors (Lipinski definition) is 1. The summed E-state index contributed by atoms with van der Waals surface area (Å²) in [5.41, 5.74) is 1.03. The van der Waals surface area contributed by atoms with E-state index in [2.05, 4.69) is 26.2 Å². The third kappa shape index (κ3) is 5.48. The summed E-state index contributed by atoms with van der Waals surface area (Å²) in [6.07, 6.45) is 1.96. The summed E-state index contributed by atoms with van der Waals surface area (Å²) < 4.78 is 12.0. The molecule has 1 N–H and O–H groups in total. The van der Waals surface area contributed by atoms with Crippen LogP contribution in [-0.2, 0) is 11.3 Å². The molecular formula is C12H19BrN2O2. The third-order valence-electron chi connectivity index (χ3n) is 2.03. The predicted octanol–water partition coefficient (Wildman–Crippen LogP) is 2.37. The highest BCUT2D eigenvalue weighted by Gasteiger charge is 2.05. The normalized spacial score (nSPS) is 10.9. The van der Waals surface area contributed by atoms with Gasteiger partial charge in [-0.3, -0.25) is 0 Å². The number of rotatable bonds is 7. The van der Waals surface area contributed by atoms with Crippen LogP contribution >= 0.6 is 15.9 Å². The van der Waals surface area contributed by atoms with Gasteiger partial charge in [0.2, 0.25) is 5.88 Å². The molecule has 1 aromatic heterocycles. The fourth-order valence-electron chi connectivity index (χ4n) is 1.34. The standard InChI is InChI=1S/C12H19BrN2O2/c1-9(2)16-4-5-17-12-10(7-14-3)6-11(13)8-15-12/h6,8-9,14H,4-5,7H2,1-3H3. The number of aromatic nitrogens is 1. The van der Waals surface area contributed by atoms with Crippen molar-refractivity contribution in [1.29, 1.82) is 0 Å². The lowest BCUT2D eigenvalue weighted by Crippen LogP contribution is -2.14. The van der Waals surface area contributed by atoms with Crippen LogP contribution in [0.5, 0.6) is 5.88 Å². The van der Waals surface area contributed by atoms with Crippen molar-refractivity contribution in [2.24, 2.45) is 0 Å². The van der Waals surface area contributed by atoms with Crippen molar-refractivity contribution >= 4 is 15.9 Å². The Balaban J connectivity index is 2.51. The molecule has 0 aliphatic carbocycles. The zero-order valence-electron chi connectivity index (χ0n) is 10.5. The number of halogens is 1. The maximum absolute atomic E-state index is 5.60. The van der Waals surface area contributed by atoms with E-state index < -0.39 is 0 Å². The minimum Gasteiger partial charge on any atom is -0.475 e. The highest BCUT2D eigenvalue weighted by atomic mass is 79.9. The molecule has 0 amide bonds. The first-order chi connectivity index (χ1) is 8.13. The fraction of sp³-hybridized carbons (Fsp3) is 0.583. The van der Waals surface area contributed by atoms with E-state index >= 15 is 0 Å². The molecule has 0 fully saturated rings. The first-order valence-electron chi connectivity index (χ1n) is 5.67. The lowest BCUT2D eigenvalue weighted by Gasteiger charge is -2.11. The van der Waals surface area contributed by atoms with Crippen LogP contribution in [0.2, 0.25) is 0 Å². The molecule has 0 unspecified atom stereocenters. The molecule has 0 radical (unpaired) electrons. The Bertz CT molecular complexity index is 345. The average Bonchev–Trinajstić information content (AvgIpc) is 2.27. The second-order valence-corrected chi connectivity index (χ2v) is 4.83. The predicted molar refractivity (Wildman–Crippen MR) is 71.3 cm³/mol. The third-order valence-corrected chi connectivity index (χ3v) is 2.47. The van der Waals surface area contributed by atoms with Crippen LogP contribution in [0.1, 0.15) is 19.4 Å². The summed E-state index contributed by atoms with van der Waals surface area (Å²) >= 11 is 3.40. The molecule has 0 aromatic carbocycles. The van der Waals surface area contributed by atoms with Crippen molar-refractivity contribution in [3.8, 4) is 5.88 Å². The van der Waals surface area contributed by atoms with E-state index in [0.717, 1.165) is 16.6 Å². The Labute approximate surface area is 111 Å². The van der Waals surface area contributed by atoms with Gasteiger partial charge in [-0.25, -0.2) is 4.98 Å². The number of hydrogen-bond acceptors (Lipinski definition) is 4. The second kappa shape index (κ2) is 7.63. The van der Waals surface area contributed by atoms with Gasteiger partial charge < -0.3 is 14.8 Å². The monoisotopic (exact) mass is 302 g/mol. The van der Waals surface area contributed by atoms with Crippen LogP contribution in [0.4, 0.5) is 0 Å². The largest absolute Gasteiger partial charge is 0.475 e. The van der Waals surface area contributed by atoms with Crippen LogP contribution in [0.25, 0.3) is 0 Å². The number of pyridine rings is 1. The van der Waals surface area contributed by atoms with Gasteiger partial charge in [0.05, 0.1) is 12.7 Å². The Kier molecular flexibility index (Phi) is 6.47. The van der Waals surface area contributed by atoms with E-state index in [1.165, 1.54) is 0 Å². The molecule has 1 heterocycles. The van der Waals surface area contributed by atoms with Gasteiger partial charge in [0, 0.05) is 22.8 Å². The molecule has 0 atom stereocenters. The van der Waals surface area contributed by atoms with Crippen LogP contribution in [-0.4, -0.2) is 31.3 Å². The van der Waals surface area contributed by atoms with Gasteiger partial charge in [0.1, 0.15) is 6.61 Å². The maximum Gasteiger partial charge on any atom is 0.217 e. The zero-order chi connectivity index (χ0) is 12.7. The van der Waals surface area contributed by atoms with Crippen LogP contribution in [0, 0.1) is 0 Å². The van der Waals surface area contributed by atoms with Crippen molar-refractivity contribution in [3.05, 3.63) is 22.3 Å². The first-order valence-corrected chi connectivity index (χ1v) is 6.46. The van der Waals surface area contributed by atoms with E-state index in [1.807, 2.05) is 27.0 Å². The highest BCUT2D eigenvalue weighted by molar-refractivity contribution is 9.10. The van der Waals surface area contributed by atoms with Crippen molar-refractivity contribution < 1.29 is 9.47 Å². The van der Waals surface area contributed by atoms with Crippen molar-refractivity contribution in [2.75, 3.05) is 20.3 Å². The summed E-state index contributed by atoms with van der Waals surface area (Å²) in [5.74, 6) is 0.662. The lowest BCUT2D eigenvalue weighted by atomic mass is 10.3. The molecule has 4 nitrogen and oxygen atoms in total. The Morgan fingerprint density at radius 3 is 2.82 bits per heavy atom. The molecule has 0 spiro atoms. The Hall–Kier alpha value is -0.650. The van der Waals surface area contributed by atoms with Crippen LogP contribution in [0.3, 0.4) is 0 Å². The number of ether oxygens (including phenoxy) is 2. The van der Waals surface area contributed by atoms with E-state index in [0.29, 0.717) is 19.1 Å². The van der Waals surface area contributed by atoms with Crippen molar-refractivity contribution in [2.45, 2.75) is 26.5 Å². The summed E-state index contributed by atoms with van der Waals surface area (Å²) in [4.78, 5) is 4.25. The topological polar surface area (TPSA) is 43.4 Å². The van der Waals surface area contributed by atoms with Crippen LogP contribution in [0.15, 0.2) is 16.7 Å². The highest BCUT2D eigenvalue weighted by Crippen LogP contribution is 2.19. The van der Waals surface area contributed by atoms with E-state index in [1.54, 1.807) is 6.20 Å². The minimum atomic E-state index is 0.230. The van der Waals surface area contributed by atoms with Crippen LogP contribution < -0.4 is 10.1 Å². The molecule has 1 rings (SSSR count). The quantitative estimate of drug-likeness (QED) is 0.785. The minimum absolute atomic E-state index is 0.230. The Morgan fingerprint density at radius 1 is 1.41 bits per heavy atom. The van der Waals surface area contributed by atoms with Gasteiger partial charge in [0.15, 0.2) is 0 Å².